The highest BCUT2D eigenvalue weighted by Gasteiger charge is 2.23. The van der Waals surface area contributed by atoms with E-state index in [-0.39, 0.29) is 0 Å². The van der Waals surface area contributed by atoms with Gasteiger partial charge in [0.1, 0.15) is 5.79 Å². The maximum atomic E-state index is 11.8. The van der Waals surface area contributed by atoms with Crippen molar-refractivity contribution in [2.24, 2.45) is 0 Å². The molecule has 3 amide bonds. The number of unbranched alkanes of at least 4 members (excludes halogenated alkanes) is 13. The Kier molecular flexibility index (Phi) is 20.5. The molecule has 0 bridgehead atoms. The normalized spacial score (nSPS) is 11.4. The standard InChI is InChI=1S/C24H51N5O3/c1-5-6-7-8-9-10-11-12-13-14-15-16-17-18-21-32-23(31)29-22(30)28-20-19-24(25-2,26-3)27-4/h25-27H,5-21H2,1-4H3,(H2,28,29,30,31). The van der Waals surface area contributed by atoms with Crippen LogP contribution in [-0.4, -0.2) is 52.2 Å². The lowest BCUT2D eigenvalue weighted by Gasteiger charge is -2.32. The van der Waals surface area contributed by atoms with E-state index < -0.39 is 17.9 Å². The Morgan fingerprint density at radius 3 is 1.56 bits per heavy atom. The first-order chi connectivity index (χ1) is 15.5. The molecular weight excluding hydrogens is 406 g/mol. The summed E-state index contributed by atoms with van der Waals surface area (Å²) in [6, 6.07) is -0.548. The van der Waals surface area contributed by atoms with Crippen LogP contribution in [0.4, 0.5) is 9.59 Å². The monoisotopic (exact) mass is 457 g/mol. The van der Waals surface area contributed by atoms with Crippen molar-refractivity contribution in [1.29, 1.82) is 0 Å². The number of carbonyl (C=O) groups is 2. The van der Waals surface area contributed by atoms with E-state index in [0.29, 0.717) is 19.6 Å². The molecule has 0 aromatic heterocycles. The number of imide groups is 1. The molecule has 0 radical (unpaired) electrons. The van der Waals surface area contributed by atoms with Gasteiger partial charge in [-0.3, -0.25) is 16.0 Å². The van der Waals surface area contributed by atoms with Crippen molar-refractivity contribution in [1.82, 2.24) is 26.6 Å². The first-order valence-electron chi connectivity index (χ1n) is 12.8. The minimum Gasteiger partial charge on any atom is -0.449 e. The van der Waals surface area contributed by atoms with Gasteiger partial charge in [-0.05, 0) is 27.6 Å². The lowest BCUT2D eigenvalue weighted by Crippen LogP contribution is -2.64. The van der Waals surface area contributed by atoms with Gasteiger partial charge in [-0.25, -0.2) is 14.9 Å². The van der Waals surface area contributed by atoms with Crippen LogP contribution < -0.4 is 26.6 Å². The van der Waals surface area contributed by atoms with Gasteiger partial charge in [-0.15, -0.1) is 0 Å². The number of hydrogen-bond acceptors (Lipinski definition) is 6. The molecule has 0 unspecified atom stereocenters. The summed E-state index contributed by atoms with van der Waals surface area (Å²) in [5.74, 6) is -0.471. The lowest BCUT2D eigenvalue weighted by molar-refractivity contribution is 0.144. The van der Waals surface area contributed by atoms with Gasteiger partial charge in [0.15, 0.2) is 0 Å². The third-order valence-electron chi connectivity index (χ3n) is 6.01. The van der Waals surface area contributed by atoms with E-state index >= 15 is 0 Å². The molecule has 0 aliphatic carbocycles. The van der Waals surface area contributed by atoms with Crippen LogP contribution in [0.5, 0.6) is 0 Å². The summed E-state index contributed by atoms with van der Waals surface area (Å²) < 4.78 is 5.08. The number of nitrogens with one attached hydrogen (secondary N) is 5. The van der Waals surface area contributed by atoms with E-state index in [1.165, 1.54) is 77.0 Å². The Morgan fingerprint density at radius 2 is 1.12 bits per heavy atom. The summed E-state index contributed by atoms with van der Waals surface area (Å²) in [4.78, 5) is 23.5. The molecule has 0 aliphatic rings. The molecule has 0 aliphatic heterocycles. The van der Waals surface area contributed by atoms with Gasteiger partial charge >= 0.3 is 12.1 Å². The van der Waals surface area contributed by atoms with E-state index in [2.05, 4.69) is 33.5 Å². The van der Waals surface area contributed by atoms with Crippen molar-refractivity contribution >= 4 is 12.1 Å². The van der Waals surface area contributed by atoms with Crippen LogP contribution >= 0.6 is 0 Å². The molecule has 0 saturated heterocycles. The Bertz CT molecular complexity index is 451. The van der Waals surface area contributed by atoms with E-state index in [0.717, 1.165) is 12.8 Å². The van der Waals surface area contributed by atoms with E-state index in [4.69, 9.17) is 4.74 Å². The smallest absolute Gasteiger partial charge is 0.415 e. The molecule has 0 saturated carbocycles. The van der Waals surface area contributed by atoms with Gasteiger partial charge in [-0.2, -0.15) is 0 Å². The van der Waals surface area contributed by atoms with Crippen molar-refractivity contribution in [2.75, 3.05) is 34.3 Å². The predicted molar refractivity (Wildman–Crippen MR) is 133 cm³/mol. The average molecular weight is 458 g/mol. The number of ether oxygens (including phenoxy) is 1. The molecule has 0 atom stereocenters. The summed E-state index contributed by atoms with van der Waals surface area (Å²) in [5, 5.41) is 14.2. The largest absolute Gasteiger partial charge is 0.449 e. The molecule has 0 spiro atoms. The van der Waals surface area contributed by atoms with E-state index in [1.54, 1.807) is 0 Å². The molecule has 32 heavy (non-hydrogen) atoms. The van der Waals surface area contributed by atoms with Crippen molar-refractivity contribution < 1.29 is 14.3 Å². The topological polar surface area (TPSA) is 104 Å². The zero-order chi connectivity index (χ0) is 23.9. The molecule has 8 nitrogen and oxygen atoms in total. The average Bonchev–Trinajstić information content (AvgIpc) is 2.79. The summed E-state index contributed by atoms with van der Waals surface area (Å²) in [7, 11) is 5.46. The number of amides is 3. The van der Waals surface area contributed by atoms with Crippen molar-refractivity contribution in [3.05, 3.63) is 0 Å². The van der Waals surface area contributed by atoms with Gasteiger partial charge in [-0.1, -0.05) is 90.4 Å². The third-order valence-corrected chi connectivity index (χ3v) is 6.01. The minimum absolute atomic E-state index is 0.347. The molecule has 8 heteroatoms. The van der Waals surface area contributed by atoms with Crippen LogP contribution in [0.1, 0.15) is 103 Å². The van der Waals surface area contributed by atoms with Crippen LogP contribution in [-0.2, 0) is 4.74 Å². The molecule has 0 fully saturated rings. The van der Waals surface area contributed by atoms with Crippen LogP contribution in [0, 0.1) is 0 Å². The summed E-state index contributed by atoms with van der Waals surface area (Å²) in [6.45, 7) is 3.00. The second kappa shape index (κ2) is 21.5. The highest BCUT2D eigenvalue weighted by molar-refractivity contribution is 5.90. The third kappa shape index (κ3) is 17.2. The number of hydrogen-bond donors (Lipinski definition) is 5. The Balaban J connectivity index is 3.48. The van der Waals surface area contributed by atoms with Crippen LogP contribution in [0.15, 0.2) is 0 Å². The fraction of sp³-hybridized carbons (Fsp3) is 0.917. The molecule has 0 aromatic rings. The summed E-state index contributed by atoms with van der Waals surface area (Å²) >= 11 is 0. The number of rotatable bonds is 21. The zero-order valence-electron chi connectivity index (χ0n) is 21.2. The van der Waals surface area contributed by atoms with Gasteiger partial charge in [0, 0.05) is 13.0 Å². The zero-order valence-corrected chi connectivity index (χ0v) is 21.2. The molecule has 5 N–H and O–H groups in total. The first kappa shape index (κ1) is 30.6. The second-order valence-electron chi connectivity index (χ2n) is 8.52. The Labute approximate surface area is 196 Å². The Hall–Kier alpha value is -1.38. The van der Waals surface area contributed by atoms with Gasteiger partial charge in [0.25, 0.3) is 0 Å². The quantitative estimate of drug-likeness (QED) is 0.127. The van der Waals surface area contributed by atoms with Crippen molar-refractivity contribution in [3.8, 4) is 0 Å². The highest BCUT2D eigenvalue weighted by atomic mass is 16.5. The van der Waals surface area contributed by atoms with Gasteiger partial charge in [0.05, 0.1) is 6.61 Å². The van der Waals surface area contributed by atoms with Crippen molar-refractivity contribution in [3.63, 3.8) is 0 Å². The molecule has 190 valence electrons. The fourth-order valence-electron chi connectivity index (χ4n) is 3.75. The van der Waals surface area contributed by atoms with Gasteiger partial charge < -0.3 is 10.1 Å². The van der Waals surface area contributed by atoms with E-state index in [9.17, 15) is 9.59 Å². The number of urea groups is 1. The molecular formula is C24H51N5O3. The number of alkyl carbamates (subject to hydrolysis) is 1. The SMILES string of the molecule is CCCCCCCCCCCCCCCCOC(=O)NC(=O)NCCC(NC)(NC)NC. The predicted octanol–water partition coefficient (Wildman–Crippen LogP) is 4.61. The number of carbonyl (C=O) groups excluding carboxylic acids is 2. The minimum atomic E-state index is -0.695. The molecule has 0 aromatic carbocycles. The summed E-state index contributed by atoms with van der Waals surface area (Å²) in [6.07, 6.45) is 17.9. The maximum Gasteiger partial charge on any atom is 0.415 e. The van der Waals surface area contributed by atoms with Crippen LogP contribution in [0.25, 0.3) is 0 Å². The van der Waals surface area contributed by atoms with Crippen molar-refractivity contribution in [2.45, 2.75) is 109 Å². The maximum absolute atomic E-state index is 11.8. The summed E-state index contributed by atoms with van der Waals surface area (Å²) in [5.41, 5.74) is 0. The highest BCUT2D eigenvalue weighted by Crippen LogP contribution is 2.12. The first-order valence-corrected chi connectivity index (χ1v) is 12.8. The van der Waals surface area contributed by atoms with E-state index in [1.807, 2.05) is 21.1 Å². The van der Waals surface area contributed by atoms with Crippen LogP contribution in [0.3, 0.4) is 0 Å². The molecule has 0 heterocycles. The van der Waals surface area contributed by atoms with Gasteiger partial charge in [0.2, 0.25) is 0 Å². The Morgan fingerprint density at radius 1 is 0.688 bits per heavy atom. The van der Waals surface area contributed by atoms with Crippen LogP contribution in [0.2, 0.25) is 0 Å². The second-order valence-corrected chi connectivity index (χ2v) is 8.52. The molecule has 0 rings (SSSR count). The fourth-order valence-corrected chi connectivity index (χ4v) is 3.75. The lowest BCUT2D eigenvalue weighted by atomic mass is 10.0.